The topological polar surface area (TPSA) is 92.8 Å². The highest BCUT2D eigenvalue weighted by Crippen LogP contribution is 2.43. The van der Waals surface area contributed by atoms with Gasteiger partial charge in [0, 0.05) is 4.88 Å². The van der Waals surface area contributed by atoms with Crippen LogP contribution in [-0.4, -0.2) is 47.3 Å². The molecule has 0 unspecified atom stereocenters. The predicted octanol–water partition coefficient (Wildman–Crippen LogP) is 3.31. The van der Waals surface area contributed by atoms with E-state index >= 15 is 0 Å². The SMILES string of the molecule is Cc1ccc(C(=O)COC(=O)CN2C(=O)NC3(CCC(C(C)(C)C)CC3)C2=O)s1. The van der Waals surface area contributed by atoms with E-state index in [2.05, 4.69) is 26.1 Å². The number of ether oxygens (including phenoxy) is 1. The summed E-state index contributed by atoms with van der Waals surface area (Å²) in [6.45, 7) is 7.56. The van der Waals surface area contributed by atoms with Crippen molar-refractivity contribution in [2.45, 2.75) is 58.9 Å². The molecule has 2 fully saturated rings. The molecule has 1 N–H and O–H groups in total. The number of Topliss-reactive ketones (excluding diaryl/α,β-unsaturated/α-hetero) is 1. The Hall–Kier alpha value is -2.22. The maximum atomic E-state index is 12.9. The van der Waals surface area contributed by atoms with E-state index in [1.165, 1.54) is 11.3 Å². The number of nitrogens with zero attached hydrogens (tertiary/aromatic N) is 1. The summed E-state index contributed by atoms with van der Waals surface area (Å²) in [6, 6.07) is 2.94. The van der Waals surface area contributed by atoms with Crippen LogP contribution in [0.5, 0.6) is 0 Å². The number of ketones is 1. The Morgan fingerprint density at radius 2 is 1.90 bits per heavy atom. The standard InChI is InChI=1S/C21H28N2O5S/c1-13-5-6-16(29-13)15(24)12-28-17(25)11-23-18(26)21(22-19(23)27)9-7-14(8-10-21)20(2,3)4/h5-6,14H,7-12H2,1-4H3,(H,22,27). The summed E-state index contributed by atoms with van der Waals surface area (Å²) in [7, 11) is 0. The first-order valence-corrected chi connectivity index (χ1v) is 10.7. The van der Waals surface area contributed by atoms with Gasteiger partial charge < -0.3 is 10.1 Å². The Morgan fingerprint density at radius 1 is 1.24 bits per heavy atom. The molecule has 0 bridgehead atoms. The summed E-state index contributed by atoms with van der Waals surface area (Å²) in [5.74, 6) is -0.947. The van der Waals surface area contributed by atoms with Crippen molar-refractivity contribution < 1.29 is 23.9 Å². The number of carbonyl (C=O) groups excluding carboxylic acids is 4. The number of nitrogens with one attached hydrogen (secondary N) is 1. The van der Waals surface area contributed by atoms with Gasteiger partial charge in [0.2, 0.25) is 5.78 Å². The molecule has 1 spiro atoms. The van der Waals surface area contributed by atoms with E-state index in [9.17, 15) is 19.2 Å². The van der Waals surface area contributed by atoms with Crippen molar-refractivity contribution in [2.24, 2.45) is 11.3 Å². The molecule has 1 aliphatic carbocycles. The van der Waals surface area contributed by atoms with Crippen LogP contribution in [0, 0.1) is 18.3 Å². The van der Waals surface area contributed by atoms with Crippen LogP contribution in [-0.2, 0) is 14.3 Å². The minimum Gasteiger partial charge on any atom is -0.456 e. The fraction of sp³-hybridized carbons (Fsp3) is 0.619. The third-order valence-corrected chi connectivity index (χ3v) is 7.02. The second-order valence-corrected chi connectivity index (χ2v) is 10.3. The average molecular weight is 421 g/mol. The third-order valence-electron chi connectivity index (χ3n) is 5.98. The number of aryl methyl sites for hydroxylation is 1. The van der Waals surface area contributed by atoms with Gasteiger partial charge in [-0.05, 0) is 56.1 Å². The first-order valence-electron chi connectivity index (χ1n) is 9.91. The van der Waals surface area contributed by atoms with Crippen molar-refractivity contribution in [3.63, 3.8) is 0 Å². The second-order valence-electron chi connectivity index (χ2n) is 9.04. The van der Waals surface area contributed by atoms with E-state index in [0.29, 0.717) is 23.6 Å². The summed E-state index contributed by atoms with van der Waals surface area (Å²) in [5, 5.41) is 2.80. The van der Waals surface area contributed by atoms with Gasteiger partial charge in [0.05, 0.1) is 4.88 Å². The molecule has 1 aromatic heterocycles. The molecular formula is C21H28N2O5S. The van der Waals surface area contributed by atoms with Gasteiger partial charge in [-0.3, -0.25) is 19.3 Å². The molecule has 0 aromatic carbocycles. The molecule has 2 heterocycles. The molecule has 1 aromatic rings. The third kappa shape index (κ3) is 4.52. The monoisotopic (exact) mass is 420 g/mol. The van der Waals surface area contributed by atoms with Gasteiger partial charge in [0.25, 0.3) is 5.91 Å². The van der Waals surface area contributed by atoms with Crippen LogP contribution in [0.2, 0.25) is 0 Å². The molecular weight excluding hydrogens is 392 g/mol. The van der Waals surface area contributed by atoms with E-state index in [1.807, 2.05) is 13.0 Å². The van der Waals surface area contributed by atoms with Crippen molar-refractivity contribution >= 4 is 35.0 Å². The Morgan fingerprint density at radius 3 is 2.45 bits per heavy atom. The summed E-state index contributed by atoms with van der Waals surface area (Å²) >= 11 is 1.33. The zero-order valence-corrected chi connectivity index (χ0v) is 18.2. The molecule has 158 valence electrons. The lowest BCUT2D eigenvalue weighted by Crippen LogP contribution is -2.50. The predicted molar refractivity (Wildman–Crippen MR) is 109 cm³/mol. The highest BCUT2D eigenvalue weighted by atomic mass is 32.1. The highest BCUT2D eigenvalue weighted by Gasteiger charge is 2.53. The smallest absolute Gasteiger partial charge is 0.326 e. The highest BCUT2D eigenvalue weighted by molar-refractivity contribution is 7.14. The molecule has 1 aliphatic heterocycles. The van der Waals surface area contributed by atoms with Crippen LogP contribution in [0.4, 0.5) is 4.79 Å². The van der Waals surface area contributed by atoms with Crippen LogP contribution in [0.25, 0.3) is 0 Å². The number of urea groups is 1. The maximum Gasteiger partial charge on any atom is 0.326 e. The van der Waals surface area contributed by atoms with Crippen molar-refractivity contribution in [1.82, 2.24) is 10.2 Å². The summed E-state index contributed by atoms with van der Waals surface area (Å²) in [5.41, 5.74) is -0.756. The number of hydrogen-bond acceptors (Lipinski definition) is 6. The zero-order chi connectivity index (χ0) is 21.4. The molecule has 7 nitrogen and oxygen atoms in total. The van der Waals surface area contributed by atoms with E-state index in [0.717, 1.165) is 22.6 Å². The van der Waals surface area contributed by atoms with E-state index < -0.39 is 30.7 Å². The van der Waals surface area contributed by atoms with Crippen molar-refractivity contribution in [3.8, 4) is 0 Å². The Balaban J connectivity index is 1.55. The van der Waals surface area contributed by atoms with Gasteiger partial charge in [0.15, 0.2) is 6.61 Å². The Bertz CT molecular complexity index is 830. The van der Waals surface area contributed by atoms with Crippen molar-refractivity contribution in [2.75, 3.05) is 13.2 Å². The lowest BCUT2D eigenvalue weighted by atomic mass is 9.67. The first kappa shape index (κ1) is 21.5. The number of esters is 1. The largest absolute Gasteiger partial charge is 0.456 e. The molecule has 1 saturated carbocycles. The van der Waals surface area contributed by atoms with Crippen LogP contribution in [0.1, 0.15) is 61.0 Å². The second kappa shape index (κ2) is 7.89. The Labute approximate surface area is 174 Å². The van der Waals surface area contributed by atoms with E-state index in [-0.39, 0.29) is 17.1 Å². The zero-order valence-electron chi connectivity index (χ0n) is 17.4. The van der Waals surface area contributed by atoms with Gasteiger partial charge >= 0.3 is 12.0 Å². The number of amides is 3. The maximum absolute atomic E-state index is 12.9. The van der Waals surface area contributed by atoms with Gasteiger partial charge in [-0.1, -0.05) is 20.8 Å². The summed E-state index contributed by atoms with van der Waals surface area (Å²) < 4.78 is 5.01. The number of thiophene rings is 1. The van der Waals surface area contributed by atoms with Crippen molar-refractivity contribution in [3.05, 3.63) is 21.9 Å². The molecule has 3 amide bonds. The number of carbonyl (C=O) groups is 4. The Kier molecular flexibility index (Phi) is 5.85. The molecule has 29 heavy (non-hydrogen) atoms. The fourth-order valence-corrected chi connectivity index (χ4v) is 4.90. The number of hydrogen-bond donors (Lipinski definition) is 1. The van der Waals surface area contributed by atoms with Gasteiger partial charge in [0.1, 0.15) is 12.1 Å². The van der Waals surface area contributed by atoms with Crippen molar-refractivity contribution in [1.29, 1.82) is 0 Å². The van der Waals surface area contributed by atoms with Gasteiger partial charge in [-0.15, -0.1) is 11.3 Å². The van der Waals surface area contributed by atoms with Gasteiger partial charge in [-0.2, -0.15) is 0 Å². The molecule has 8 heteroatoms. The minimum absolute atomic E-state index is 0.157. The van der Waals surface area contributed by atoms with E-state index in [4.69, 9.17) is 4.74 Å². The fourth-order valence-electron chi connectivity index (χ4n) is 4.11. The normalized spacial score (nSPS) is 24.7. The van der Waals surface area contributed by atoms with E-state index in [1.54, 1.807) is 6.07 Å². The average Bonchev–Trinajstić information content (AvgIpc) is 3.17. The molecule has 2 aliphatic rings. The van der Waals surface area contributed by atoms with Crippen LogP contribution < -0.4 is 5.32 Å². The van der Waals surface area contributed by atoms with Crippen LogP contribution >= 0.6 is 11.3 Å². The number of imide groups is 1. The van der Waals surface area contributed by atoms with Crippen LogP contribution in [0.15, 0.2) is 12.1 Å². The first-order chi connectivity index (χ1) is 13.5. The summed E-state index contributed by atoms with van der Waals surface area (Å²) in [6.07, 6.45) is 2.84. The summed E-state index contributed by atoms with van der Waals surface area (Å²) in [4.78, 5) is 51.9. The quantitative estimate of drug-likeness (QED) is 0.448. The molecule has 1 saturated heterocycles. The molecule has 0 radical (unpaired) electrons. The lowest BCUT2D eigenvalue weighted by molar-refractivity contribution is -0.147. The molecule has 3 rings (SSSR count). The molecule has 0 atom stereocenters. The minimum atomic E-state index is -0.913. The van der Waals surface area contributed by atoms with Gasteiger partial charge in [-0.25, -0.2) is 4.79 Å². The lowest BCUT2D eigenvalue weighted by Gasteiger charge is -2.40. The number of rotatable bonds is 5. The van der Waals surface area contributed by atoms with Crippen LogP contribution in [0.3, 0.4) is 0 Å².